The van der Waals surface area contributed by atoms with E-state index in [9.17, 15) is 0 Å². The Balaban J connectivity index is 1.76. The third-order valence-electron chi connectivity index (χ3n) is 4.87. The summed E-state index contributed by atoms with van der Waals surface area (Å²) in [6, 6.07) is 5.42. The Labute approximate surface area is 134 Å². The zero-order valence-electron chi connectivity index (χ0n) is 14.0. The molecule has 1 fully saturated rings. The maximum atomic E-state index is 3.49. The average Bonchev–Trinajstić information content (AvgIpc) is 2.95. The fourth-order valence-electron chi connectivity index (χ4n) is 3.36. The van der Waals surface area contributed by atoms with E-state index in [1.54, 1.807) is 0 Å². The molecule has 21 heavy (non-hydrogen) atoms. The SMILES string of the molecule is CCCNCc1ccc(CN(C)C2CCC(CC)CC2)s1. The van der Waals surface area contributed by atoms with Gasteiger partial charge >= 0.3 is 0 Å². The van der Waals surface area contributed by atoms with Gasteiger partial charge in [0, 0.05) is 28.9 Å². The molecule has 2 rings (SSSR count). The largest absolute Gasteiger partial charge is 0.312 e. The topological polar surface area (TPSA) is 15.3 Å². The van der Waals surface area contributed by atoms with Crippen LogP contribution in [0.2, 0.25) is 0 Å². The molecule has 1 aliphatic carbocycles. The van der Waals surface area contributed by atoms with Gasteiger partial charge in [0.15, 0.2) is 0 Å². The molecule has 0 aliphatic heterocycles. The number of thiophene rings is 1. The van der Waals surface area contributed by atoms with Gasteiger partial charge in [-0.1, -0.05) is 20.3 Å². The number of hydrogen-bond donors (Lipinski definition) is 1. The molecule has 1 aromatic rings. The molecule has 0 unspecified atom stereocenters. The van der Waals surface area contributed by atoms with Crippen LogP contribution in [0.4, 0.5) is 0 Å². The van der Waals surface area contributed by atoms with Gasteiger partial charge in [0.05, 0.1) is 0 Å². The summed E-state index contributed by atoms with van der Waals surface area (Å²) >= 11 is 1.98. The molecule has 0 atom stereocenters. The van der Waals surface area contributed by atoms with Crippen LogP contribution in [0.25, 0.3) is 0 Å². The van der Waals surface area contributed by atoms with Crippen molar-refractivity contribution in [3.8, 4) is 0 Å². The zero-order valence-corrected chi connectivity index (χ0v) is 14.8. The van der Waals surface area contributed by atoms with Gasteiger partial charge in [-0.15, -0.1) is 11.3 Å². The molecule has 2 nitrogen and oxygen atoms in total. The standard InChI is InChI=1S/C18H32N2S/c1-4-12-19-13-17-10-11-18(21-17)14-20(3)16-8-6-15(5-2)7-9-16/h10-11,15-16,19H,4-9,12-14H2,1-3H3. The van der Waals surface area contributed by atoms with E-state index in [1.807, 2.05) is 11.3 Å². The molecule has 1 aromatic heterocycles. The van der Waals surface area contributed by atoms with Crippen molar-refractivity contribution in [3.05, 3.63) is 21.9 Å². The molecule has 120 valence electrons. The number of rotatable bonds is 8. The van der Waals surface area contributed by atoms with Gasteiger partial charge in [0.2, 0.25) is 0 Å². The molecule has 3 heteroatoms. The molecular weight excluding hydrogens is 276 g/mol. The van der Waals surface area contributed by atoms with Gasteiger partial charge in [-0.05, 0) is 63.7 Å². The summed E-state index contributed by atoms with van der Waals surface area (Å²) < 4.78 is 0. The maximum absolute atomic E-state index is 3.49. The van der Waals surface area contributed by atoms with Crippen LogP contribution in [0, 0.1) is 5.92 Å². The van der Waals surface area contributed by atoms with Crippen LogP contribution in [0.5, 0.6) is 0 Å². The second kappa shape index (κ2) is 8.92. The summed E-state index contributed by atoms with van der Waals surface area (Å²) in [5, 5.41) is 3.49. The summed E-state index contributed by atoms with van der Waals surface area (Å²) in [4.78, 5) is 5.57. The first kappa shape index (κ1) is 17.0. The van der Waals surface area contributed by atoms with Crippen molar-refractivity contribution in [1.29, 1.82) is 0 Å². The van der Waals surface area contributed by atoms with E-state index in [0.29, 0.717) is 0 Å². The van der Waals surface area contributed by atoms with E-state index >= 15 is 0 Å². The summed E-state index contributed by atoms with van der Waals surface area (Å²) in [6.45, 7) is 7.83. The third-order valence-corrected chi connectivity index (χ3v) is 5.94. The summed E-state index contributed by atoms with van der Waals surface area (Å²) in [6.07, 6.45) is 8.23. The highest BCUT2D eigenvalue weighted by Crippen LogP contribution is 2.30. The fourth-order valence-corrected chi connectivity index (χ4v) is 4.41. The Morgan fingerprint density at radius 1 is 1.14 bits per heavy atom. The van der Waals surface area contributed by atoms with Crippen LogP contribution in [0.15, 0.2) is 12.1 Å². The van der Waals surface area contributed by atoms with Gasteiger partial charge in [0.25, 0.3) is 0 Å². The fraction of sp³-hybridized carbons (Fsp3) is 0.778. The van der Waals surface area contributed by atoms with E-state index in [0.717, 1.165) is 31.6 Å². The molecule has 0 saturated heterocycles. The smallest absolute Gasteiger partial charge is 0.0327 e. The predicted molar refractivity (Wildman–Crippen MR) is 93.8 cm³/mol. The normalized spacial score (nSPS) is 22.9. The highest BCUT2D eigenvalue weighted by Gasteiger charge is 2.23. The minimum atomic E-state index is 0.802. The highest BCUT2D eigenvalue weighted by atomic mass is 32.1. The summed E-state index contributed by atoms with van der Waals surface area (Å²) in [5.41, 5.74) is 0. The molecule has 1 saturated carbocycles. The molecule has 1 aliphatic rings. The molecule has 0 amide bonds. The second-order valence-corrected chi connectivity index (χ2v) is 7.80. The van der Waals surface area contributed by atoms with E-state index < -0.39 is 0 Å². The predicted octanol–water partition coefficient (Wildman–Crippen LogP) is 4.65. The number of nitrogens with zero attached hydrogens (tertiary/aromatic N) is 1. The molecule has 0 radical (unpaired) electrons. The van der Waals surface area contributed by atoms with Crippen LogP contribution in [-0.2, 0) is 13.1 Å². The number of hydrogen-bond acceptors (Lipinski definition) is 3. The minimum absolute atomic E-state index is 0.802. The monoisotopic (exact) mass is 308 g/mol. The van der Waals surface area contributed by atoms with E-state index in [2.05, 4.69) is 43.2 Å². The maximum Gasteiger partial charge on any atom is 0.0327 e. The lowest BCUT2D eigenvalue weighted by Crippen LogP contribution is -2.34. The van der Waals surface area contributed by atoms with Crippen LogP contribution < -0.4 is 5.32 Å². The van der Waals surface area contributed by atoms with Gasteiger partial charge in [-0.25, -0.2) is 0 Å². The average molecular weight is 309 g/mol. The zero-order chi connectivity index (χ0) is 15.1. The van der Waals surface area contributed by atoms with Gasteiger partial charge in [0.1, 0.15) is 0 Å². The molecule has 1 N–H and O–H groups in total. The van der Waals surface area contributed by atoms with E-state index in [1.165, 1.54) is 48.3 Å². The molecule has 0 spiro atoms. The van der Waals surface area contributed by atoms with Gasteiger partial charge < -0.3 is 5.32 Å². The first-order chi connectivity index (χ1) is 10.2. The third kappa shape index (κ3) is 5.39. The molecule has 1 heterocycles. The van der Waals surface area contributed by atoms with Crippen molar-refractivity contribution in [3.63, 3.8) is 0 Å². The highest BCUT2D eigenvalue weighted by molar-refractivity contribution is 7.11. The summed E-state index contributed by atoms with van der Waals surface area (Å²) in [7, 11) is 2.31. The summed E-state index contributed by atoms with van der Waals surface area (Å²) in [5.74, 6) is 0.993. The Morgan fingerprint density at radius 2 is 1.86 bits per heavy atom. The lowest BCUT2D eigenvalue weighted by molar-refractivity contribution is 0.158. The quantitative estimate of drug-likeness (QED) is 0.703. The van der Waals surface area contributed by atoms with Crippen molar-refractivity contribution < 1.29 is 0 Å². The second-order valence-electron chi connectivity index (χ2n) is 6.54. The van der Waals surface area contributed by atoms with Crippen molar-refractivity contribution in [2.45, 2.75) is 71.5 Å². The van der Waals surface area contributed by atoms with Crippen molar-refractivity contribution in [2.24, 2.45) is 5.92 Å². The molecule has 0 bridgehead atoms. The number of nitrogens with one attached hydrogen (secondary N) is 1. The first-order valence-corrected chi connectivity index (χ1v) is 9.53. The molecule has 0 aromatic carbocycles. The van der Waals surface area contributed by atoms with E-state index in [4.69, 9.17) is 0 Å². The molecular formula is C18H32N2S. The Bertz CT molecular complexity index is 394. The first-order valence-electron chi connectivity index (χ1n) is 8.71. The Hall–Kier alpha value is -0.380. The Morgan fingerprint density at radius 3 is 2.52 bits per heavy atom. The van der Waals surface area contributed by atoms with Crippen molar-refractivity contribution in [2.75, 3.05) is 13.6 Å². The lowest BCUT2D eigenvalue weighted by atomic mass is 9.84. The Kier molecular flexibility index (Phi) is 7.21. The minimum Gasteiger partial charge on any atom is -0.312 e. The van der Waals surface area contributed by atoms with Gasteiger partial charge in [-0.2, -0.15) is 0 Å². The van der Waals surface area contributed by atoms with Gasteiger partial charge in [-0.3, -0.25) is 4.90 Å². The van der Waals surface area contributed by atoms with Crippen LogP contribution >= 0.6 is 11.3 Å². The van der Waals surface area contributed by atoms with Crippen LogP contribution in [0.3, 0.4) is 0 Å². The van der Waals surface area contributed by atoms with Crippen molar-refractivity contribution in [1.82, 2.24) is 10.2 Å². The van der Waals surface area contributed by atoms with E-state index in [-0.39, 0.29) is 0 Å². The van der Waals surface area contributed by atoms with Crippen LogP contribution in [-0.4, -0.2) is 24.5 Å². The van der Waals surface area contributed by atoms with Crippen LogP contribution in [0.1, 0.15) is 62.1 Å². The lowest BCUT2D eigenvalue weighted by Gasteiger charge is -2.34. The van der Waals surface area contributed by atoms with Crippen molar-refractivity contribution >= 4 is 11.3 Å².